The van der Waals surface area contributed by atoms with Crippen LogP contribution in [0.15, 0.2) is 30.3 Å². The molecule has 2 rings (SSSR count). The van der Waals surface area contributed by atoms with E-state index < -0.39 is 0 Å². The quantitative estimate of drug-likeness (QED) is 0.836. The van der Waals surface area contributed by atoms with Crippen molar-refractivity contribution >= 4 is 24.8 Å². The lowest BCUT2D eigenvalue weighted by Gasteiger charge is -2.32. The third-order valence-corrected chi connectivity index (χ3v) is 3.16. The Hall–Kier alpha value is -0.280. The number of hydrogen-bond acceptors (Lipinski definition) is 2. The Labute approximate surface area is 117 Å². The summed E-state index contributed by atoms with van der Waals surface area (Å²) in [5, 5.41) is 0. The molecule has 0 radical (unpaired) electrons. The smallest absolute Gasteiger partial charge is 0.0110 e. The first-order chi connectivity index (χ1) is 7.34. The number of likely N-dealkylation sites (N-methyl/N-ethyl adjacent to an activating group) is 1. The van der Waals surface area contributed by atoms with E-state index in [4.69, 9.17) is 0 Å². The molecular weight excluding hydrogens is 255 g/mol. The van der Waals surface area contributed by atoms with E-state index in [1.807, 2.05) is 0 Å². The van der Waals surface area contributed by atoms with E-state index in [-0.39, 0.29) is 24.8 Å². The second kappa shape index (κ2) is 8.76. The van der Waals surface area contributed by atoms with Crippen LogP contribution < -0.4 is 0 Å². The van der Waals surface area contributed by atoms with Crippen LogP contribution in [0.4, 0.5) is 0 Å². The van der Waals surface area contributed by atoms with Crippen LogP contribution in [0, 0.1) is 0 Å². The van der Waals surface area contributed by atoms with Crippen molar-refractivity contribution in [3.8, 4) is 0 Å². The second-order valence-corrected chi connectivity index (χ2v) is 4.38. The van der Waals surface area contributed by atoms with Gasteiger partial charge in [0.25, 0.3) is 0 Å². The molecule has 1 fully saturated rings. The number of piperazine rings is 1. The van der Waals surface area contributed by atoms with Crippen molar-refractivity contribution in [1.29, 1.82) is 0 Å². The zero-order valence-corrected chi connectivity index (χ0v) is 12.0. The zero-order chi connectivity index (χ0) is 10.5. The Kier molecular flexibility index (Phi) is 8.61. The predicted octanol–water partition coefficient (Wildman–Crippen LogP) is 2.32. The van der Waals surface area contributed by atoms with Crippen molar-refractivity contribution in [2.75, 3.05) is 39.8 Å². The Morgan fingerprint density at radius 2 is 1.53 bits per heavy atom. The maximum atomic E-state index is 2.56. The lowest BCUT2D eigenvalue weighted by molar-refractivity contribution is 0.155. The van der Waals surface area contributed by atoms with Gasteiger partial charge in [0.2, 0.25) is 0 Å². The SMILES string of the molecule is CN1CCN(CCc2ccccc2)CC1.Cl.Cl. The molecule has 0 atom stereocenters. The molecule has 98 valence electrons. The minimum absolute atomic E-state index is 0. The topological polar surface area (TPSA) is 6.48 Å². The summed E-state index contributed by atoms with van der Waals surface area (Å²) in [5.41, 5.74) is 1.46. The summed E-state index contributed by atoms with van der Waals surface area (Å²) in [5.74, 6) is 0. The molecular formula is C13H22Cl2N2. The van der Waals surface area contributed by atoms with Crippen molar-refractivity contribution in [2.45, 2.75) is 6.42 Å². The van der Waals surface area contributed by atoms with Gasteiger partial charge < -0.3 is 9.80 Å². The molecule has 1 saturated heterocycles. The van der Waals surface area contributed by atoms with Crippen LogP contribution in [0.25, 0.3) is 0 Å². The summed E-state index contributed by atoms with van der Waals surface area (Å²) < 4.78 is 0. The summed E-state index contributed by atoms with van der Waals surface area (Å²) in [6.45, 7) is 6.09. The van der Waals surface area contributed by atoms with Crippen molar-refractivity contribution < 1.29 is 0 Å². The lowest BCUT2D eigenvalue weighted by Crippen LogP contribution is -2.45. The van der Waals surface area contributed by atoms with Crippen LogP contribution in [0.5, 0.6) is 0 Å². The van der Waals surface area contributed by atoms with E-state index >= 15 is 0 Å². The number of rotatable bonds is 3. The van der Waals surface area contributed by atoms with Gasteiger partial charge in [-0.2, -0.15) is 0 Å². The largest absolute Gasteiger partial charge is 0.304 e. The average molecular weight is 277 g/mol. The van der Waals surface area contributed by atoms with E-state index in [0.29, 0.717) is 0 Å². The first-order valence-corrected chi connectivity index (χ1v) is 5.79. The number of halogens is 2. The summed E-state index contributed by atoms with van der Waals surface area (Å²) in [6, 6.07) is 10.8. The average Bonchev–Trinajstić information content (AvgIpc) is 2.30. The highest BCUT2D eigenvalue weighted by Crippen LogP contribution is 2.04. The van der Waals surface area contributed by atoms with Gasteiger partial charge in [0.15, 0.2) is 0 Å². The second-order valence-electron chi connectivity index (χ2n) is 4.38. The van der Waals surface area contributed by atoms with Gasteiger partial charge in [0.1, 0.15) is 0 Å². The third kappa shape index (κ3) is 5.73. The summed E-state index contributed by atoms with van der Waals surface area (Å²) in [7, 11) is 2.20. The Morgan fingerprint density at radius 3 is 2.12 bits per heavy atom. The molecule has 0 aliphatic carbocycles. The summed E-state index contributed by atoms with van der Waals surface area (Å²) in [4.78, 5) is 4.96. The fourth-order valence-electron chi connectivity index (χ4n) is 2.00. The fraction of sp³-hybridized carbons (Fsp3) is 0.538. The maximum absolute atomic E-state index is 2.56. The normalized spacial score (nSPS) is 17.0. The summed E-state index contributed by atoms with van der Waals surface area (Å²) in [6.07, 6.45) is 1.19. The van der Waals surface area contributed by atoms with Crippen LogP contribution in [0.2, 0.25) is 0 Å². The monoisotopic (exact) mass is 276 g/mol. The molecule has 1 aliphatic heterocycles. The van der Waals surface area contributed by atoms with E-state index in [1.165, 1.54) is 44.7 Å². The molecule has 2 nitrogen and oxygen atoms in total. The van der Waals surface area contributed by atoms with Crippen molar-refractivity contribution in [3.63, 3.8) is 0 Å². The minimum atomic E-state index is 0. The number of nitrogens with zero attached hydrogens (tertiary/aromatic N) is 2. The van der Waals surface area contributed by atoms with E-state index in [2.05, 4.69) is 47.2 Å². The summed E-state index contributed by atoms with van der Waals surface area (Å²) >= 11 is 0. The molecule has 1 aliphatic rings. The molecule has 0 saturated carbocycles. The van der Waals surface area contributed by atoms with Crippen LogP contribution in [0.1, 0.15) is 5.56 Å². The van der Waals surface area contributed by atoms with E-state index in [9.17, 15) is 0 Å². The molecule has 17 heavy (non-hydrogen) atoms. The Balaban J connectivity index is 0.00000128. The van der Waals surface area contributed by atoms with Gasteiger partial charge in [-0.1, -0.05) is 30.3 Å². The molecule has 0 unspecified atom stereocenters. The maximum Gasteiger partial charge on any atom is 0.0110 e. The highest BCUT2D eigenvalue weighted by atomic mass is 35.5. The van der Waals surface area contributed by atoms with Gasteiger partial charge in [-0.25, -0.2) is 0 Å². The zero-order valence-electron chi connectivity index (χ0n) is 10.3. The fourth-order valence-corrected chi connectivity index (χ4v) is 2.00. The molecule has 1 aromatic rings. The molecule has 0 N–H and O–H groups in total. The van der Waals surface area contributed by atoms with Gasteiger partial charge in [-0.3, -0.25) is 0 Å². The Bertz CT molecular complexity index is 285. The van der Waals surface area contributed by atoms with Gasteiger partial charge >= 0.3 is 0 Å². The highest BCUT2D eigenvalue weighted by molar-refractivity contribution is 5.85. The molecule has 0 amide bonds. The molecule has 0 aromatic heterocycles. The van der Waals surface area contributed by atoms with Crippen molar-refractivity contribution in [2.24, 2.45) is 0 Å². The molecule has 0 bridgehead atoms. The molecule has 0 spiro atoms. The van der Waals surface area contributed by atoms with Gasteiger partial charge in [0.05, 0.1) is 0 Å². The van der Waals surface area contributed by atoms with Crippen LogP contribution in [0.3, 0.4) is 0 Å². The molecule has 1 heterocycles. The van der Waals surface area contributed by atoms with E-state index in [1.54, 1.807) is 0 Å². The minimum Gasteiger partial charge on any atom is -0.304 e. The van der Waals surface area contributed by atoms with Crippen LogP contribution in [-0.4, -0.2) is 49.6 Å². The predicted molar refractivity (Wildman–Crippen MR) is 78.6 cm³/mol. The molecule has 4 heteroatoms. The van der Waals surface area contributed by atoms with Gasteiger partial charge in [0, 0.05) is 32.7 Å². The number of hydrogen-bond donors (Lipinski definition) is 0. The standard InChI is InChI=1S/C13H20N2.2ClH/c1-14-9-11-15(12-10-14)8-7-13-5-3-2-4-6-13;;/h2-6H,7-12H2,1H3;2*1H. The van der Waals surface area contributed by atoms with Gasteiger partial charge in [-0.15, -0.1) is 24.8 Å². The first kappa shape index (κ1) is 16.7. The van der Waals surface area contributed by atoms with Crippen LogP contribution >= 0.6 is 24.8 Å². The molecule has 1 aromatic carbocycles. The van der Waals surface area contributed by atoms with E-state index in [0.717, 1.165) is 0 Å². The third-order valence-electron chi connectivity index (χ3n) is 3.16. The van der Waals surface area contributed by atoms with Crippen molar-refractivity contribution in [1.82, 2.24) is 9.80 Å². The highest BCUT2D eigenvalue weighted by Gasteiger charge is 2.12. The lowest BCUT2D eigenvalue weighted by atomic mass is 10.1. The Morgan fingerprint density at radius 1 is 0.941 bits per heavy atom. The van der Waals surface area contributed by atoms with Gasteiger partial charge in [-0.05, 0) is 19.0 Å². The van der Waals surface area contributed by atoms with Crippen LogP contribution in [-0.2, 0) is 6.42 Å². The van der Waals surface area contributed by atoms with Crippen molar-refractivity contribution in [3.05, 3.63) is 35.9 Å². The number of benzene rings is 1. The first-order valence-electron chi connectivity index (χ1n) is 5.79.